The number of amides is 2. The van der Waals surface area contributed by atoms with E-state index < -0.39 is 11.8 Å². The number of aryl methyl sites for hydroxylation is 1. The number of carbonyl (C=O) groups excluding carboxylic acids is 2. The van der Waals surface area contributed by atoms with E-state index in [2.05, 4.69) is 33.2 Å². The summed E-state index contributed by atoms with van der Waals surface area (Å²) in [6.07, 6.45) is 0.697. The van der Waals surface area contributed by atoms with E-state index in [-0.39, 0.29) is 0 Å². The second-order valence-corrected chi connectivity index (χ2v) is 6.15. The fraction of sp³-hybridized carbons (Fsp3) is 0.176. The van der Waals surface area contributed by atoms with Crippen LogP contribution in [-0.2, 0) is 16.0 Å². The number of hydrogen-bond acceptors (Lipinski definition) is 2. The van der Waals surface area contributed by atoms with Gasteiger partial charge in [0.25, 0.3) is 0 Å². The molecule has 0 aliphatic rings. The van der Waals surface area contributed by atoms with Gasteiger partial charge in [-0.15, -0.1) is 0 Å². The quantitative estimate of drug-likeness (QED) is 0.604. The van der Waals surface area contributed by atoms with Crippen LogP contribution >= 0.6 is 22.6 Å². The van der Waals surface area contributed by atoms with Crippen molar-refractivity contribution < 1.29 is 9.59 Å². The topological polar surface area (TPSA) is 58.2 Å². The molecule has 0 spiro atoms. The highest BCUT2D eigenvalue weighted by Gasteiger charge is 2.14. The van der Waals surface area contributed by atoms with Gasteiger partial charge in [-0.2, -0.15) is 0 Å². The van der Waals surface area contributed by atoms with Gasteiger partial charge in [0.1, 0.15) is 0 Å². The van der Waals surface area contributed by atoms with Gasteiger partial charge in [-0.3, -0.25) is 9.59 Å². The van der Waals surface area contributed by atoms with E-state index in [1.807, 2.05) is 49.4 Å². The maximum atomic E-state index is 11.9. The van der Waals surface area contributed by atoms with E-state index in [1.165, 1.54) is 0 Å². The minimum atomic E-state index is -0.641. The predicted octanol–water partition coefficient (Wildman–Crippen LogP) is 2.90. The normalized spacial score (nSPS) is 10.1. The number of hydrogen-bond donors (Lipinski definition) is 2. The third-order valence-electron chi connectivity index (χ3n) is 3.18. The van der Waals surface area contributed by atoms with Crippen LogP contribution in [0.3, 0.4) is 0 Å². The summed E-state index contributed by atoms with van der Waals surface area (Å²) < 4.78 is 1.08. The summed E-state index contributed by atoms with van der Waals surface area (Å²) in [5, 5.41) is 5.26. The third-order valence-corrected chi connectivity index (χ3v) is 3.86. The second-order valence-electron chi connectivity index (χ2n) is 4.90. The zero-order valence-electron chi connectivity index (χ0n) is 12.2. The molecule has 0 atom stereocenters. The van der Waals surface area contributed by atoms with Gasteiger partial charge in [0.2, 0.25) is 0 Å². The Morgan fingerprint density at radius 2 is 1.77 bits per heavy atom. The van der Waals surface area contributed by atoms with Gasteiger partial charge in [0, 0.05) is 15.8 Å². The molecule has 0 unspecified atom stereocenters. The van der Waals surface area contributed by atoms with Crippen molar-refractivity contribution in [1.82, 2.24) is 5.32 Å². The van der Waals surface area contributed by atoms with E-state index in [1.54, 1.807) is 6.07 Å². The summed E-state index contributed by atoms with van der Waals surface area (Å²) in [6.45, 7) is 2.33. The molecule has 0 fully saturated rings. The monoisotopic (exact) mass is 408 g/mol. The van der Waals surface area contributed by atoms with E-state index in [4.69, 9.17) is 0 Å². The number of carbonyl (C=O) groups is 2. The number of rotatable bonds is 4. The van der Waals surface area contributed by atoms with Crippen LogP contribution < -0.4 is 10.6 Å². The first-order valence-electron chi connectivity index (χ1n) is 6.95. The first-order chi connectivity index (χ1) is 10.6. The molecule has 5 heteroatoms. The maximum Gasteiger partial charge on any atom is 0.313 e. The van der Waals surface area contributed by atoms with Crippen molar-refractivity contribution in [2.75, 3.05) is 11.9 Å². The van der Waals surface area contributed by atoms with E-state index in [0.29, 0.717) is 18.7 Å². The van der Waals surface area contributed by atoms with Crippen molar-refractivity contribution in [2.45, 2.75) is 13.3 Å². The lowest BCUT2D eigenvalue weighted by molar-refractivity contribution is -0.136. The highest BCUT2D eigenvalue weighted by Crippen LogP contribution is 2.17. The summed E-state index contributed by atoms with van der Waals surface area (Å²) in [4.78, 5) is 23.7. The molecular formula is C17H17IN2O2. The Labute approximate surface area is 143 Å². The van der Waals surface area contributed by atoms with Gasteiger partial charge >= 0.3 is 11.8 Å². The van der Waals surface area contributed by atoms with Gasteiger partial charge in [0.05, 0.1) is 0 Å². The van der Waals surface area contributed by atoms with Gasteiger partial charge < -0.3 is 10.6 Å². The number of nitrogens with one attached hydrogen (secondary N) is 2. The Kier molecular flexibility index (Phi) is 5.94. The van der Waals surface area contributed by atoms with Crippen LogP contribution in [0, 0.1) is 10.5 Å². The molecule has 0 aliphatic carbocycles. The van der Waals surface area contributed by atoms with Crippen LogP contribution in [0.4, 0.5) is 5.69 Å². The summed E-state index contributed by atoms with van der Waals surface area (Å²) in [5.74, 6) is -1.26. The Balaban J connectivity index is 1.83. The van der Waals surface area contributed by atoms with Crippen molar-refractivity contribution >= 4 is 40.1 Å². The molecule has 22 heavy (non-hydrogen) atoms. The van der Waals surface area contributed by atoms with Crippen molar-refractivity contribution in [3.8, 4) is 0 Å². The van der Waals surface area contributed by atoms with E-state index in [9.17, 15) is 9.59 Å². The maximum absolute atomic E-state index is 11.9. The lowest BCUT2D eigenvalue weighted by atomic mass is 10.1. The molecule has 0 bridgehead atoms. The molecule has 2 aromatic rings. The molecule has 0 aromatic heterocycles. The largest absolute Gasteiger partial charge is 0.347 e. The smallest absolute Gasteiger partial charge is 0.313 e. The standard InChI is InChI=1S/C17H17IN2O2/c1-12-11-14(18)7-8-15(12)20-17(22)16(21)19-10-9-13-5-3-2-4-6-13/h2-8,11H,9-10H2,1H3,(H,19,21)(H,20,22). The van der Waals surface area contributed by atoms with Crippen LogP contribution in [0.1, 0.15) is 11.1 Å². The van der Waals surface area contributed by atoms with Crippen molar-refractivity contribution in [2.24, 2.45) is 0 Å². The Hall–Kier alpha value is -1.89. The summed E-state index contributed by atoms with van der Waals surface area (Å²) >= 11 is 2.20. The highest BCUT2D eigenvalue weighted by molar-refractivity contribution is 14.1. The van der Waals surface area contributed by atoms with Crippen LogP contribution in [-0.4, -0.2) is 18.4 Å². The fourth-order valence-corrected chi connectivity index (χ4v) is 2.64. The zero-order chi connectivity index (χ0) is 15.9. The van der Waals surface area contributed by atoms with Crippen LogP contribution in [0.25, 0.3) is 0 Å². The third kappa shape index (κ3) is 4.84. The first kappa shape index (κ1) is 16.5. The zero-order valence-corrected chi connectivity index (χ0v) is 14.4. The lowest BCUT2D eigenvalue weighted by Crippen LogP contribution is -2.36. The van der Waals surface area contributed by atoms with E-state index >= 15 is 0 Å². The van der Waals surface area contributed by atoms with Crippen molar-refractivity contribution in [3.63, 3.8) is 0 Å². The molecule has 0 aliphatic heterocycles. The summed E-state index contributed by atoms with van der Waals surface area (Å²) in [7, 11) is 0. The molecular weight excluding hydrogens is 391 g/mol. The molecule has 0 radical (unpaired) electrons. The van der Waals surface area contributed by atoms with Crippen molar-refractivity contribution in [1.29, 1.82) is 0 Å². The first-order valence-corrected chi connectivity index (χ1v) is 8.03. The molecule has 114 valence electrons. The van der Waals surface area contributed by atoms with Gasteiger partial charge in [-0.25, -0.2) is 0 Å². The van der Waals surface area contributed by atoms with Crippen molar-refractivity contribution in [3.05, 3.63) is 63.2 Å². The van der Waals surface area contributed by atoms with Gasteiger partial charge in [0.15, 0.2) is 0 Å². The van der Waals surface area contributed by atoms with Gasteiger partial charge in [-0.05, 0) is 65.3 Å². The van der Waals surface area contributed by atoms with Crippen LogP contribution in [0.5, 0.6) is 0 Å². The molecule has 0 heterocycles. The molecule has 2 aromatic carbocycles. The summed E-state index contributed by atoms with van der Waals surface area (Å²) in [6, 6.07) is 15.4. The second kappa shape index (κ2) is 7.93. The Bertz CT molecular complexity index is 672. The number of benzene rings is 2. The lowest BCUT2D eigenvalue weighted by Gasteiger charge is -2.09. The Morgan fingerprint density at radius 3 is 2.45 bits per heavy atom. The molecule has 4 nitrogen and oxygen atoms in total. The number of anilines is 1. The van der Waals surface area contributed by atoms with Gasteiger partial charge in [-0.1, -0.05) is 30.3 Å². The number of halogens is 1. The van der Waals surface area contributed by atoms with E-state index in [0.717, 1.165) is 14.7 Å². The predicted molar refractivity (Wildman–Crippen MR) is 95.7 cm³/mol. The molecule has 0 saturated heterocycles. The molecule has 2 rings (SSSR count). The van der Waals surface area contributed by atoms with Crippen LogP contribution in [0.15, 0.2) is 48.5 Å². The SMILES string of the molecule is Cc1cc(I)ccc1NC(=O)C(=O)NCCc1ccccc1. The summed E-state index contributed by atoms with van der Waals surface area (Å²) in [5.41, 5.74) is 2.71. The highest BCUT2D eigenvalue weighted by atomic mass is 127. The van der Waals surface area contributed by atoms with Crippen LogP contribution in [0.2, 0.25) is 0 Å². The Morgan fingerprint density at radius 1 is 1.05 bits per heavy atom. The average molecular weight is 408 g/mol. The minimum absolute atomic E-state index is 0.432. The minimum Gasteiger partial charge on any atom is -0.347 e. The fourth-order valence-electron chi connectivity index (χ4n) is 1.99. The average Bonchev–Trinajstić information content (AvgIpc) is 2.51. The molecule has 2 amide bonds. The molecule has 0 saturated carbocycles. The molecule has 2 N–H and O–H groups in total.